The SMILES string of the molecule is COc1ccc(C(=O)Cn2nc3n(CCC(C)C)c(=O)c4ccc(C(=O)NCC(C)C)cc4n3c2=O)cc1. The van der Waals surface area contributed by atoms with Gasteiger partial charge in [0.05, 0.1) is 18.0 Å². The second-order valence-corrected chi connectivity index (χ2v) is 10.2. The lowest BCUT2D eigenvalue weighted by atomic mass is 10.1. The van der Waals surface area contributed by atoms with Crippen molar-refractivity contribution in [2.75, 3.05) is 13.7 Å². The van der Waals surface area contributed by atoms with Crippen LogP contribution in [0.15, 0.2) is 52.1 Å². The number of methoxy groups -OCH3 is 1. The third-order valence-corrected chi connectivity index (χ3v) is 6.35. The summed E-state index contributed by atoms with van der Waals surface area (Å²) in [6, 6.07) is 11.3. The number of carbonyl (C=O) groups is 2. The Morgan fingerprint density at radius 3 is 2.29 bits per heavy atom. The standard InChI is InChI=1S/C28H33N5O5/c1-17(2)12-13-31-26(36)22-11-8-20(25(35)29-15-18(3)4)14-23(22)33-27(31)30-32(28(33)37)16-24(34)19-6-9-21(38-5)10-7-19/h6-11,14,17-18H,12-13,15-16H2,1-5H3,(H,29,35). The van der Waals surface area contributed by atoms with Crippen LogP contribution in [0.3, 0.4) is 0 Å². The first-order valence-corrected chi connectivity index (χ1v) is 12.7. The molecule has 2 aromatic carbocycles. The van der Waals surface area contributed by atoms with Crippen LogP contribution < -0.4 is 21.3 Å². The molecule has 200 valence electrons. The highest BCUT2D eigenvalue weighted by Gasteiger charge is 2.21. The highest BCUT2D eigenvalue weighted by molar-refractivity contribution is 5.98. The molecule has 0 atom stereocenters. The molecule has 0 saturated heterocycles. The average Bonchev–Trinajstić information content (AvgIpc) is 3.22. The highest BCUT2D eigenvalue weighted by atomic mass is 16.5. The van der Waals surface area contributed by atoms with Gasteiger partial charge in [0, 0.05) is 24.2 Å². The number of hydrogen-bond donors (Lipinski definition) is 1. The van der Waals surface area contributed by atoms with E-state index in [0.29, 0.717) is 47.7 Å². The first-order chi connectivity index (χ1) is 18.1. The first kappa shape index (κ1) is 26.8. The first-order valence-electron chi connectivity index (χ1n) is 12.7. The number of rotatable bonds is 10. The number of Topliss-reactive ketones (excluding diaryl/α,β-unsaturated/α-hetero) is 1. The van der Waals surface area contributed by atoms with Crippen LogP contribution in [-0.4, -0.2) is 44.1 Å². The summed E-state index contributed by atoms with van der Waals surface area (Å²) in [5.74, 6) is 0.717. The lowest BCUT2D eigenvalue weighted by Gasteiger charge is -2.12. The van der Waals surface area contributed by atoms with Crippen molar-refractivity contribution in [1.29, 1.82) is 0 Å². The molecule has 0 radical (unpaired) electrons. The van der Waals surface area contributed by atoms with E-state index in [1.165, 1.54) is 22.1 Å². The second-order valence-electron chi connectivity index (χ2n) is 10.2. The van der Waals surface area contributed by atoms with Gasteiger partial charge < -0.3 is 10.1 Å². The van der Waals surface area contributed by atoms with Gasteiger partial charge in [-0.2, -0.15) is 0 Å². The summed E-state index contributed by atoms with van der Waals surface area (Å²) in [5.41, 5.74) is 0.135. The van der Waals surface area contributed by atoms with E-state index in [1.807, 2.05) is 27.7 Å². The average molecular weight is 520 g/mol. The Hall–Kier alpha value is -4.21. The number of fused-ring (bicyclic) bond motifs is 3. The maximum atomic E-state index is 13.6. The molecule has 1 amide bonds. The second kappa shape index (κ2) is 11.0. The zero-order valence-corrected chi connectivity index (χ0v) is 22.4. The molecule has 2 heterocycles. The van der Waals surface area contributed by atoms with Gasteiger partial charge in [-0.1, -0.05) is 27.7 Å². The largest absolute Gasteiger partial charge is 0.497 e. The van der Waals surface area contributed by atoms with Crippen molar-refractivity contribution in [1.82, 2.24) is 24.1 Å². The number of ketones is 1. The fraction of sp³-hybridized carbons (Fsp3) is 0.393. The maximum Gasteiger partial charge on any atom is 0.352 e. The number of ether oxygens (including phenoxy) is 1. The topological polar surface area (TPSA) is 117 Å². The monoisotopic (exact) mass is 519 g/mol. The molecule has 0 aliphatic rings. The van der Waals surface area contributed by atoms with Crippen molar-refractivity contribution < 1.29 is 14.3 Å². The third-order valence-electron chi connectivity index (χ3n) is 6.35. The maximum absolute atomic E-state index is 13.6. The Morgan fingerprint density at radius 2 is 1.66 bits per heavy atom. The van der Waals surface area contributed by atoms with Gasteiger partial charge in [0.1, 0.15) is 12.3 Å². The van der Waals surface area contributed by atoms with Crippen LogP contribution in [0, 0.1) is 11.8 Å². The summed E-state index contributed by atoms with van der Waals surface area (Å²) < 4.78 is 8.99. The molecule has 4 aromatic rings. The van der Waals surface area contributed by atoms with Crippen LogP contribution in [0.5, 0.6) is 5.75 Å². The highest BCUT2D eigenvalue weighted by Crippen LogP contribution is 2.16. The Balaban J connectivity index is 1.85. The molecule has 0 aliphatic carbocycles. The molecule has 10 nitrogen and oxygen atoms in total. The molecular weight excluding hydrogens is 486 g/mol. The summed E-state index contributed by atoms with van der Waals surface area (Å²) in [7, 11) is 1.54. The smallest absolute Gasteiger partial charge is 0.352 e. The van der Waals surface area contributed by atoms with E-state index >= 15 is 0 Å². The van der Waals surface area contributed by atoms with E-state index in [9.17, 15) is 19.2 Å². The fourth-order valence-electron chi connectivity index (χ4n) is 4.15. The Morgan fingerprint density at radius 1 is 0.974 bits per heavy atom. The van der Waals surface area contributed by atoms with E-state index in [2.05, 4.69) is 10.4 Å². The number of nitrogens with one attached hydrogen (secondary N) is 1. The van der Waals surface area contributed by atoms with Crippen molar-refractivity contribution in [3.05, 3.63) is 74.4 Å². The number of amides is 1. The van der Waals surface area contributed by atoms with Crippen molar-refractivity contribution in [2.45, 2.75) is 47.2 Å². The van der Waals surface area contributed by atoms with Crippen LogP contribution in [0.25, 0.3) is 16.7 Å². The normalized spacial score (nSPS) is 11.6. The Kier molecular flexibility index (Phi) is 7.80. The molecule has 4 rings (SSSR count). The summed E-state index contributed by atoms with van der Waals surface area (Å²) in [5, 5.41) is 7.57. The van der Waals surface area contributed by atoms with Gasteiger partial charge in [-0.3, -0.25) is 19.0 Å². The molecule has 1 N–H and O–H groups in total. The third kappa shape index (κ3) is 5.39. The van der Waals surface area contributed by atoms with Gasteiger partial charge in [-0.05, 0) is 60.7 Å². The van der Waals surface area contributed by atoms with E-state index in [0.717, 1.165) is 4.68 Å². The van der Waals surface area contributed by atoms with Crippen LogP contribution in [0.1, 0.15) is 54.8 Å². The summed E-state index contributed by atoms with van der Waals surface area (Å²) in [6.45, 7) is 8.62. The van der Waals surface area contributed by atoms with E-state index < -0.39 is 5.69 Å². The van der Waals surface area contributed by atoms with E-state index in [1.54, 1.807) is 36.4 Å². The molecule has 0 aliphatic heterocycles. The van der Waals surface area contributed by atoms with Crippen LogP contribution in [0.4, 0.5) is 0 Å². The van der Waals surface area contributed by atoms with Crippen molar-refractivity contribution in [3.63, 3.8) is 0 Å². The fourth-order valence-corrected chi connectivity index (χ4v) is 4.15. The van der Waals surface area contributed by atoms with Crippen molar-refractivity contribution >= 4 is 28.4 Å². The van der Waals surface area contributed by atoms with Gasteiger partial charge in [0.2, 0.25) is 5.78 Å². The van der Waals surface area contributed by atoms with E-state index in [4.69, 9.17) is 4.74 Å². The predicted molar refractivity (Wildman–Crippen MR) is 145 cm³/mol. The molecule has 2 aromatic heterocycles. The Bertz CT molecular complexity index is 1610. The summed E-state index contributed by atoms with van der Waals surface area (Å²) >= 11 is 0. The molecular formula is C28H33N5O5. The molecule has 38 heavy (non-hydrogen) atoms. The van der Waals surface area contributed by atoms with Crippen molar-refractivity contribution in [2.24, 2.45) is 11.8 Å². The molecule has 0 spiro atoms. The summed E-state index contributed by atoms with van der Waals surface area (Å²) in [6.07, 6.45) is 0.697. The van der Waals surface area contributed by atoms with Gasteiger partial charge in [0.15, 0.2) is 5.78 Å². The van der Waals surface area contributed by atoms with Gasteiger partial charge >= 0.3 is 5.69 Å². The predicted octanol–water partition coefficient (Wildman–Crippen LogP) is 3.13. The van der Waals surface area contributed by atoms with Crippen LogP contribution in [-0.2, 0) is 13.1 Å². The number of benzene rings is 2. The van der Waals surface area contributed by atoms with Crippen LogP contribution in [0.2, 0.25) is 0 Å². The zero-order chi connectivity index (χ0) is 27.6. The van der Waals surface area contributed by atoms with Gasteiger partial charge in [-0.25, -0.2) is 13.9 Å². The molecule has 0 saturated carbocycles. The zero-order valence-electron chi connectivity index (χ0n) is 22.4. The van der Waals surface area contributed by atoms with Crippen molar-refractivity contribution in [3.8, 4) is 5.75 Å². The van der Waals surface area contributed by atoms with Gasteiger partial charge in [-0.15, -0.1) is 5.10 Å². The molecule has 0 bridgehead atoms. The number of carbonyl (C=O) groups excluding carboxylic acids is 2. The minimum Gasteiger partial charge on any atom is -0.497 e. The molecule has 10 heteroatoms. The Labute approximate surface area is 219 Å². The molecule has 0 unspecified atom stereocenters. The quantitative estimate of drug-likeness (QED) is 0.322. The van der Waals surface area contributed by atoms with Crippen LogP contribution >= 0.6 is 0 Å². The number of aryl methyl sites for hydroxylation is 1. The molecule has 0 fully saturated rings. The lowest BCUT2D eigenvalue weighted by molar-refractivity contribution is 0.0946. The van der Waals surface area contributed by atoms with Gasteiger partial charge in [0.25, 0.3) is 11.5 Å². The minimum absolute atomic E-state index is 0.135. The van der Waals surface area contributed by atoms with E-state index in [-0.39, 0.29) is 41.0 Å². The minimum atomic E-state index is -0.565. The summed E-state index contributed by atoms with van der Waals surface area (Å²) in [4.78, 5) is 52.8. The number of nitrogens with zero attached hydrogens (tertiary/aromatic N) is 4. The number of aromatic nitrogens is 4. The lowest BCUT2D eigenvalue weighted by Crippen LogP contribution is -2.29. The number of hydrogen-bond acceptors (Lipinski definition) is 6.